The standard InChI is InChI=1S/C14H25N5S/c1-15-14(18(2)12-13-4-3-5-16-13)17-6-7-19-8-10-20-11-9-19/h3-5,16H,6-12H2,1-2H3,(H,15,17). The van der Waals surface area contributed by atoms with Crippen LogP contribution < -0.4 is 5.32 Å². The largest absolute Gasteiger partial charge is 0.364 e. The third-order valence-corrected chi connectivity index (χ3v) is 4.40. The van der Waals surface area contributed by atoms with Crippen LogP contribution in [0.15, 0.2) is 23.3 Å². The minimum Gasteiger partial charge on any atom is -0.364 e. The highest BCUT2D eigenvalue weighted by atomic mass is 32.2. The first kappa shape index (κ1) is 15.3. The Kier molecular flexibility index (Phi) is 6.26. The van der Waals surface area contributed by atoms with Crippen LogP contribution >= 0.6 is 11.8 Å². The third-order valence-electron chi connectivity index (χ3n) is 3.46. The Morgan fingerprint density at radius 2 is 2.30 bits per heavy atom. The van der Waals surface area contributed by atoms with Gasteiger partial charge in [0.1, 0.15) is 0 Å². The highest BCUT2D eigenvalue weighted by molar-refractivity contribution is 7.99. The Labute approximate surface area is 125 Å². The number of nitrogens with zero attached hydrogens (tertiary/aromatic N) is 3. The molecule has 0 unspecified atom stereocenters. The van der Waals surface area contributed by atoms with Gasteiger partial charge in [-0.15, -0.1) is 0 Å². The monoisotopic (exact) mass is 295 g/mol. The molecule has 1 aromatic rings. The summed E-state index contributed by atoms with van der Waals surface area (Å²) in [5, 5.41) is 3.44. The molecule has 1 aliphatic heterocycles. The van der Waals surface area contributed by atoms with Gasteiger partial charge in [-0.2, -0.15) is 11.8 Å². The van der Waals surface area contributed by atoms with Crippen LogP contribution in [0.1, 0.15) is 5.69 Å². The van der Waals surface area contributed by atoms with E-state index in [0.29, 0.717) is 0 Å². The molecular weight excluding hydrogens is 270 g/mol. The Morgan fingerprint density at radius 3 is 2.95 bits per heavy atom. The van der Waals surface area contributed by atoms with Crippen LogP contribution in [0.3, 0.4) is 0 Å². The van der Waals surface area contributed by atoms with Crippen molar-refractivity contribution in [3.05, 3.63) is 24.0 Å². The number of aromatic amines is 1. The van der Waals surface area contributed by atoms with Gasteiger partial charge in [-0.3, -0.25) is 9.89 Å². The van der Waals surface area contributed by atoms with Crippen molar-refractivity contribution in [1.29, 1.82) is 0 Å². The second-order valence-electron chi connectivity index (χ2n) is 4.98. The fraction of sp³-hybridized carbons (Fsp3) is 0.643. The summed E-state index contributed by atoms with van der Waals surface area (Å²) in [6.45, 7) is 5.31. The van der Waals surface area contributed by atoms with Crippen molar-refractivity contribution >= 4 is 17.7 Å². The molecule has 0 aliphatic carbocycles. The van der Waals surface area contributed by atoms with Crippen molar-refractivity contribution < 1.29 is 0 Å². The van der Waals surface area contributed by atoms with Gasteiger partial charge in [0, 0.05) is 63.7 Å². The number of hydrogen-bond acceptors (Lipinski definition) is 3. The molecule has 0 atom stereocenters. The van der Waals surface area contributed by atoms with Gasteiger partial charge in [-0.05, 0) is 12.1 Å². The normalized spacial score (nSPS) is 17.2. The smallest absolute Gasteiger partial charge is 0.193 e. The Bertz CT molecular complexity index is 398. The number of aromatic nitrogens is 1. The van der Waals surface area contributed by atoms with Crippen molar-refractivity contribution in [2.24, 2.45) is 4.99 Å². The second-order valence-corrected chi connectivity index (χ2v) is 6.20. The second kappa shape index (κ2) is 8.21. The summed E-state index contributed by atoms with van der Waals surface area (Å²) in [7, 11) is 3.90. The fourth-order valence-corrected chi connectivity index (χ4v) is 3.31. The maximum Gasteiger partial charge on any atom is 0.193 e. The van der Waals surface area contributed by atoms with Gasteiger partial charge in [-0.1, -0.05) is 0 Å². The van der Waals surface area contributed by atoms with Gasteiger partial charge >= 0.3 is 0 Å². The van der Waals surface area contributed by atoms with E-state index in [1.165, 1.54) is 30.3 Å². The molecule has 6 heteroatoms. The van der Waals surface area contributed by atoms with Crippen molar-refractivity contribution in [2.75, 3.05) is 51.8 Å². The summed E-state index contributed by atoms with van der Waals surface area (Å²) in [6.07, 6.45) is 1.95. The van der Waals surface area contributed by atoms with E-state index in [2.05, 4.69) is 50.0 Å². The zero-order chi connectivity index (χ0) is 14.2. The summed E-state index contributed by atoms with van der Waals surface area (Å²) >= 11 is 2.05. The van der Waals surface area contributed by atoms with Gasteiger partial charge in [0.05, 0.1) is 6.54 Å². The molecule has 0 saturated carbocycles. The van der Waals surface area contributed by atoms with Gasteiger partial charge in [-0.25, -0.2) is 0 Å². The van der Waals surface area contributed by atoms with E-state index in [1.54, 1.807) is 0 Å². The maximum absolute atomic E-state index is 4.35. The molecule has 0 spiro atoms. The Balaban J connectivity index is 1.71. The zero-order valence-corrected chi connectivity index (χ0v) is 13.2. The SMILES string of the molecule is CN=C(NCCN1CCSCC1)N(C)Cc1ccc[nH]1. The number of thioether (sulfide) groups is 1. The number of aliphatic imine (C=N–C) groups is 1. The van der Waals surface area contributed by atoms with Gasteiger partial charge in [0.15, 0.2) is 5.96 Å². The minimum absolute atomic E-state index is 0.840. The molecule has 112 valence electrons. The topological polar surface area (TPSA) is 46.7 Å². The lowest BCUT2D eigenvalue weighted by molar-refractivity contribution is 0.305. The molecule has 0 amide bonds. The fourth-order valence-electron chi connectivity index (χ4n) is 2.33. The minimum atomic E-state index is 0.840. The average molecular weight is 295 g/mol. The highest BCUT2D eigenvalue weighted by Gasteiger charge is 2.11. The maximum atomic E-state index is 4.35. The van der Waals surface area contributed by atoms with E-state index in [9.17, 15) is 0 Å². The van der Waals surface area contributed by atoms with E-state index in [4.69, 9.17) is 0 Å². The van der Waals surface area contributed by atoms with Crippen LogP contribution in [0.25, 0.3) is 0 Å². The summed E-state index contributed by atoms with van der Waals surface area (Å²) in [4.78, 5) is 12.2. The van der Waals surface area contributed by atoms with Crippen LogP contribution in [0.5, 0.6) is 0 Å². The summed E-state index contributed by atoms with van der Waals surface area (Å²) < 4.78 is 0. The van der Waals surface area contributed by atoms with E-state index in [1.807, 2.05) is 19.3 Å². The van der Waals surface area contributed by atoms with Crippen LogP contribution in [0.4, 0.5) is 0 Å². The van der Waals surface area contributed by atoms with Crippen molar-refractivity contribution in [2.45, 2.75) is 6.54 Å². The quantitative estimate of drug-likeness (QED) is 0.630. The van der Waals surface area contributed by atoms with Gasteiger partial charge in [0.25, 0.3) is 0 Å². The summed E-state index contributed by atoms with van der Waals surface area (Å²) in [6, 6.07) is 4.11. The molecule has 2 N–H and O–H groups in total. The number of guanidine groups is 1. The number of nitrogens with one attached hydrogen (secondary N) is 2. The van der Waals surface area contributed by atoms with Crippen LogP contribution in [0, 0.1) is 0 Å². The van der Waals surface area contributed by atoms with E-state index in [0.717, 1.165) is 25.6 Å². The Morgan fingerprint density at radius 1 is 1.50 bits per heavy atom. The summed E-state index contributed by atoms with van der Waals surface area (Å²) in [5.74, 6) is 3.48. The zero-order valence-electron chi connectivity index (χ0n) is 12.4. The number of H-pyrrole nitrogens is 1. The first-order chi connectivity index (χ1) is 9.79. The van der Waals surface area contributed by atoms with E-state index in [-0.39, 0.29) is 0 Å². The highest BCUT2D eigenvalue weighted by Crippen LogP contribution is 2.08. The molecule has 20 heavy (non-hydrogen) atoms. The van der Waals surface area contributed by atoms with Crippen LogP contribution in [0.2, 0.25) is 0 Å². The Hall–Kier alpha value is -1.14. The molecule has 0 bridgehead atoms. The van der Waals surface area contributed by atoms with E-state index < -0.39 is 0 Å². The van der Waals surface area contributed by atoms with Gasteiger partial charge < -0.3 is 15.2 Å². The van der Waals surface area contributed by atoms with E-state index >= 15 is 0 Å². The predicted octanol–water partition coefficient (Wildman–Crippen LogP) is 1.07. The molecular formula is C14H25N5S. The molecule has 1 saturated heterocycles. The molecule has 1 aliphatic rings. The third kappa shape index (κ3) is 4.76. The first-order valence-corrected chi connectivity index (χ1v) is 8.29. The predicted molar refractivity (Wildman–Crippen MR) is 87.4 cm³/mol. The number of rotatable bonds is 5. The number of hydrogen-bond donors (Lipinski definition) is 2. The molecule has 0 aromatic carbocycles. The molecule has 2 rings (SSSR count). The lowest BCUT2D eigenvalue weighted by Gasteiger charge is -2.27. The van der Waals surface area contributed by atoms with Crippen LogP contribution in [-0.2, 0) is 6.54 Å². The molecule has 5 nitrogen and oxygen atoms in total. The van der Waals surface area contributed by atoms with Crippen molar-refractivity contribution in [3.63, 3.8) is 0 Å². The van der Waals surface area contributed by atoms with Crippen LogP contribution in [-0.4, -0.2) is 72.5 Å². The molecule has 0 radical (unpaired) electrons. The lowest BCUT2D eigenvalue weighted by atomic mass is 10.4. The molecule has 1 aromatic heterocycles. The van der Waals surface area contributed by atoms with Gasteiger partial charge in [0.2, 0.25) is 0 Å². The molecule has 2 heterocycles. The average Bonchev–Trinajstić information content (AvgIpc) is 2.97. The lowest BCUT2D eigenvalue weighted by Crippen LogP contribution is -2.43. The first-order valence-electron chi connectivity index (χ1n) is 7.14. The van der Waals surface area contributed by atoms with Crippen molar-refractivity contribution in [1.82, 2.24) is 20.1 Å². The summed E-state index contributed by atoms with van der Waals surface area (Å²) in [5.41, 5.74) is 1.20. The van der Waals surface area contributed by atoms with Crippen molar-refractivity contribution in [3.8, 4) is 0 Å². The molecule has 1 fully saturated rings.